The predicted molar refractivity (Wildman–Crippen MR) is 96.1 cm³/mol. The molecule has 1 N–H and O–H groups in total. The third-order valence-corrected chi connectivity index (χ3v) is 4.92. The van der Waals surface area contributed by atoms with Gasteiger partial charge in [-0.2, -0.15) is 0 Å². The zero-order chi connectivity index (χ0) is 16.6. The lowest BCUT2D eigenvalue weighted by Gasteiger charge is -2.19. The molecule has 0 saturated carbocycles. The summed E-state index contributed by atoms with van der Waals surface area (Å²) >= 11 is 0. The number of likely N-dealkylation sites (tertiary alicyclic amines) is 1. The number of hydrogen-bond acceptors (Lipinski definition) is 4. The van der Waals surface area contributed by atoms with Crippen LogP contribution in [0.4, 0.5) is 5.82 Å². The number of anilines is 1. The van der Waals surface area contributed by atoms with E-state index in [2.05, 4.69) is 21.4 Å². The van der Waals surface area contributed by atoms with Gasteiger partial charge in [-0.25, -0.2) is 9.97 Å². The zero-order valence-electron chi connectivity index (χ0n) is 14.5. The fourth-order valence-electron chi connectivity index (χ4n) is 3.49. The first-order chi connectivity index (χ1) is 11.8. The number of hydrogen-bond donors (Lipinski definition) is 1. The van der Waals surface area contributed by atoms with Gasteiger partial charge >= 0.3 is 0 Å². The van der Waals surface area contributed by atoms with Crippen LogP contribution >= 0.6 is 0 Å². The summed E-state index contributed by atoms with van der Waals surface area (Å²) in [5.41, 5.74) is 2.05. The van der Waals surface area contributed by atoms with Gasteiger partial charge in [0.2, 0.25) is 0 Å². The molecule has 0 unspecified atom stereocenters. The van der Waals surface area contributed by atoms with Gasteiger partial charge in [0, 0.05) is 25.7 Å². The van der Waals surface area contributed by atoms with Crippen molar-refractivity contribution in [2.24, 2.45) is 0 Å². The van der Waals surface area contributed by atoms with Crippen molar-refractivity contribution in [3.05, 3.63) is 29.7 Å². The molecule has 1 aromatic heterocycles. The van der Waals surface area contributed by atoms with Gasteiger partial charge in [-0.05, 0) is 44.9 Å². The molecule has 5 heteroatoms. The fraction of sp³-hybridized carbons (Fsp3) is 0.632. The lowest BCUT2D eigenvalue weighted by atomic mass is 9.97. The Morgan fingerprint density at radius 3 is 2.67 bits per heavy atom. The van der Waals surface area contributed by atoms with Gasteiger partial charge in [0.1, 0.15) is 17.8 Å². The summed E-state index contributed by atoms with van der Waals surface area (Å²) in [7, 11) is 0. The number of nitrogens with zero attached hydrogens (tertiary/aromatic N) is 3. The van der Waals surface area contributed by atoms with Crippen LogP contribution in [-0.4, -0.2) is 40.4 Å². The van der Waals surface area contributed by atoms with Gasteiger partial charge in [-0.1, -0.05) is 24.5 Å². The van der Waals surface area contributed by atoms with Crippen LogP contribution < -0.4 is 5.32 Å². The Balaban J connectivity index is 1.54. The van der Waals surface area contributed by atoms with Crippen LogP contribution in [-0.2, 0) is 0 Å². The molecule has 1 amide bonds. The van der Waals surface area contributed by atoms with Crippen molar-refractivity contribution >= 4 is 11.7 Å². The van der Waals surface area contributed by atoms with E-state index in [1.165, 1.54) is 44.9 Å². The van der Waals surface area contributed by atoms with Gasteiger partial charge in [0.15, 0.2) is 0 Å². The highest BCUT2D eigenvalue weighted by Gasteiger charge is 2.18. The van der Waals surface area contributed by atoms with Gasteiger partial charge in [0.05, 0.1) is 0 Å². The van der Waals surface area contributed by atoms with Crippen molar-refractivity contribution < 1.29 is 4.79 Å². The standard InChI is InChI=1S/C19H28N4O/c24-19(23-12-6-1-2-7-13-23)17-14-18(22-15-21-17)20-11-10-16-8-4-3-5-9-16/h8,14-15H,1-7,9-13H2,(H,20,21,22). The molecule has 0 atom stereocenters. The number of nitrogens with one attached hydrogen (secondary N) is 1. The van der Waals surface area contributed by atoms with E-state index in [1.807, 2.05) is 4.90 Å². The largest absolute Gasteiger partial charge is 0.370 e. The Labute approximate surface area is 144 Å². The second-order valence-corrected chi connectivity index (χ2v) is 6.78. The SMILES string of the molecule is O=C(c1cc(NCCC2=CCCCC2)ncn1)N1CCCCCC1. The van der Waals surface area contributed by atoms with Crippen molar-refractivity contribution in [1.82, 2.24) is 14.9 Å². The van der Waals surface area contributed by atoms with Crippen LogP contribution in [0.25, 0.3) is 0 Å². The number of allylic oxidation sites excluding steroid dienone is 1. The molecule has 1 saturated heterocycles. The summed E-state index contributed by atoms with van der Waals surface area (Å²) in [5, 5.41) is 3.34. The van der Waals surface area contributed by atoms with Crippen LogP contribution in [0.2, 0.25) is 0 Å². The quantitative estimate of drug-likeness (QED) is 0.835. The molecule has 0 aromatic carbocycles. The van der Waals surface area contributed by atoms with E-state index in [9.17, 15) is 4.79 Å². The first kappa shape index (κ1) is 16.9. The van der Waals surface area contributed by atoms with Crippen molar-refractivity contribution in [2.75, 3.05) is 25.0 Å². The minimum absolute atomic E-state index is 0.0392. The molecule has 1 aliphatic heterocycles. The zero-order valence-corrected chi connectivity index (χ0v) is 14.5. The molecule has 0 radical (unpaired) electrons. The molecule has 130 valence electrons. The van der Waals surface area contributed by atoms with Gasteiger partial charge in [0.25, 0.3) is 5.91 Å². The highest BCUT2D eigenvalue weighted by molar-refractivity contribution is 5.92. The fourth-order valence-corrected chi connectivity index (χ4v) is 3.49. The van der Waals surface area contributed by atoms with Crippen molar-refractivity contribution in [3.63, 3.8) is 0 Å². The topological polar surface area (TPSA) is 58.1 Å². The first-order valence-corrected chi connectivity index (χ1v) is 9.36. The molecule has 2 aliphatic rings. The average molecular weight is 328 g/mol. The summed E-state index contributed by atoms with van der Waals surface area (Å²) in [6.07, 6.45) is 14.6. The number of amides is 1. The monoisotopic (exact) mass is 328 g/mol. The smallest absolute Gasteiger partial charge is 0.272 e. The summed E-state index contributed by atoms with van der Waals surface area (Å²) in [4.78, 5) is 23.0. The summed E-state index contributed by atoms with van der Waals surface area (Å²) in [6, 6.07) is 1.79. The Morgan fingerprint density at radius 2 is 1.92 bits per heavy atom. The third-order valence-electron chi connectivity index (χ3n) is 4.92. The Kier molecular flexibility index (Phi) is 6.21. The average Bonchev–Trinajstić information content (AvgIpc) is 2.92. The van der Waals surface area contributed by atoms with E-state index in [4.69, 9.17) is 0 Å². The van der Waals surface area contributed by atoms with Crippen molar-refractivity contribution in [3.8, 4) is 0 Å². The Morgan fingerprint density at radius 1 is 1.08 bits per heavy atom. The van der Waals surface area contributed by atoms with Gasteiger partial charge in [-0.15, -0.1) is 0 Å². The maximum Gasteiger partial charge on any atom is 0.272 e. The molecule has 24 heavy (non-hydrogen) atoms. The van der Waals surface area contributed by atoms with Crippen molar-refractivity contribution in [1.29, 1.82) is 0 Å². The van der Waals surface area contributed by atoms with Crippen LogP contribution in [0.5, 0.6) is 0 Å². The van der Waals surface area contributed by atoms with E-state index < -0.39 is 0 Å². The molecule has 0 spiro atoms. The van der Waals surface area contributed by atoms with E-state index in [-0.39, 0.29) is 5.91 Å². The molecule has 3 rings (SSSR count). The Hall–Kier alpha value is -1.91. The molecular weight excluding hydrogens is 300 g/mol. The Bertz CT molecular complexity index is 576. The molecule has 1 aromatic rings. The van der Waals surface area contributed by atoms with E-state index in [0.29, 0.717) is 5.69 Å². The highest BCUT2D eigenvalue weighted by Crippen LogP contribution is 2.20. The van der Waals surface area contributed by atoms with Crippen LogP contribution in [0.1, 0.15) is 68.3 Å². The van der Waals surface area contributed by atoms with Gasteiger partial charge in [-0.3, -0.25) is 4.79 Å². The second kappa shape index (κ2) is 8.81. The molecule has 2 heterocycles. The van der Waals surface area contributed by atoms with Crippen LogP contribution in [0.3, 0.4) is 0 Å². The third kappa shape index (κ3) is 4.79. The molecule has 1 fully saturated rings. The molecular formula is C19H28N4O. The highest BCUT2D eigenvalue weighted by atomic mass is 16.2. The lowest BCUT2D eigenvalue weighted by molar-refractivity contribution is 0.0755. The number of rotatable bonds is 5. The number of carbonyl (C=O) groups excluding carboxylic acids is 1. The number of aromatic nitrogens is 2. The summed E-state index contributed by atoms with van der Waals surface area (Å²) in [6.45, 7) is 2.56. The van der Waals surface area contributed by atoms with Crippen LogP contribution in [0.15, 0.2) is 24.0 Å². The van der Waals surface area contributed by atoms with E-state index >= 15 is 0 Å². The normalized spacial score (nSPS) is 18.7. The minimum Gasteiger partial charge on any atom is -0.370 e. The lowest BCUT2D eigenvalue weighted by Crippen LogP contribution is -2.32. The minimum atomic E-state index is 0.0392. The molecule has 5 nitrogen and oxygen atoms in total. The second-order valence-electron chi connectivity index (χ2n) is 6.78. The maximum atomic E-state index is 12.6. The maximum absolute atomic E-state index is 12.6. The summed E-state index contributed by atoms with van der Waals surface area (Å²) in [5.74, 6) is 0.789. The number of carbonyl (C=O) groups is 1. The van der Waals surface area contributed by atoms with Crippen LogP contribution in [0, 0.1) is 0 Å². The summed E-state index contributed by atoms with van der Waals surface area (Å²) < 4.78 is 0. The van der Waals surface area contributed by atoms with Gasteiger partial charge < -0.3 is 10.2 Å². The molecule has 0 bridgehead atoms. The van der Waals surface area contributed by atoms with E-state index in [0.717, 1.165) is 44.7 Å². The van der Waals surface area contributed by atoms with Crippen molar-refractivity contribution in [2.45, 2.75) is 57.8 Å². The first-order valence-electron chi connectivity index (χ1n) is 9.36. The molecule has 1 aliphatic carbocycles. The predicted octanol–water partition coefficient (Wildman–Crippen LogP) is 3.80. The van der Waals surface area contributed by atoms with E-state index in [1.54, 1.807) is 11.6 Å².